The van der Waals surface area contributed by atoms with Crippen molar-refractivity contribution in [1.82, 2.24) is 9.80 Å². The Morgan fingerprint density at radius 1 is 1.08 bits per heavy atom. The number of carbonyl (C=O) groups excluding carboxylic acids is 2. The number of piperidine rings is 1. The van der Waals surface area contributed by atoms with Gasteiger partial charge in [0.05, 0.1) is 24.7 Å². The molecule has 1 saturated carbocycles. The van der Waals surface area contributed by atoms with Gasteiger partial charge in [-0.15, -0.1) is 0 Å². The molecule has 0 radical (unpaired) electrons. The molecule has 6 heteroatoms. The Hall–Kier alpha value is -1.14. The first-order chi connectivity index (χ1) is 12.7. The summed E-state index contributed by atoms with van der Waals surface area (Å²) >= 11 is 0. The van der Waals surface area contributed by atoms with Crippen LogP contribution < -0.4 is 0 Å². The maximum Gasteiger partial charge on any atom is 0.225 e. The average molecular weight is 364 g/mol. The van der Waals surface area contributed by atoms with Crippen molar-refractivity contribution < 1.29 is 19.1 Å². The van der Waals surface area contributed by atoms with Gasteiger partial charge >= 0.3 is 0 Å². The van der Waals surface area contributed by atoms with Gasteiger partial charge in [-0.25, -0.2) is 0 Å². The Balaban J connectivity index is 1.36. The van der Waals surface area contributed by atoms with E-state index >= 15 is 0 Å². The van der Waals surface area contributed by atoms with Crippen molar-refractivity contribution in [1.29, 1.82) is 0 Å². The molecule has 1 unspecified atom stereocenters. The minimum atomic E-state index is -0.281. The van der Waals surface area contributed by atoms with Gasteiger partial charge in [0.15, 0.2) is 0 Å². The normalized spacial score (nSPS) is 30.2. The second-order valence-corrected chi connectivity index (χ2v) is 8.50. The summed E-state index contributed by atoms with van der Waals surface area (Å²) in [5.74, 6) is 0.785. The summed E-state index contributed by atoms with van der Waals surface area (Å²) < 4.78 is 12.1. The van der Waals surface area contributed by atoms with Crippen molar-refractivity contribution >= 4 is 11.8 Å². The molecule has 0 aromatic carbocycles. The Labute approximate surface area is 156 Å². The van der Waals surface area contributed by atoms with Gasteiger partial charge in [0.1, 0.15) is 0 Å². The molecule has 26 heavy (non-hydrogen) atoms. The Morgan fingerprint density at radius 2 is 1.88 bits per heavy atom. The molecule has 0 N–H and O–H groups in total. The Bertz CT molecular complexity index is 520. The monoisotopic (exact) mass is 364 g/mol. The van der Waals surface area contributed by atoms with Gasteiger partial charge in [-0.3, -0.25) is 9.59 Å². The molecule has 4 fully saturated rings. The molecule has 2 amide bonds. The highest BCUT2D eigenvalue weighted by atomic mass is 16.5. The van der Waals surface area contributed by atoms with E-state index in [1.54, 1.807) is 0 Å². The van der Waals surface area contributed by atoms with Crippen LogP contribution >= 0.6 is 0 Å². The summed E-state index contributed by atoms with van der Waals surface area (Å²) in [7, 11) is 0. The molecule has 1 spiro atoms. The number of nitrogens with zero attached hydrogens (tertiary/aromatic N) is 2. The first kappa shape index (κ1) is 18.2. The van der Waals surface area contributed by atoms with Crippen molar-refractivity contribution in [2.24, 2.45) is 5.92 Å². The van der Waals surface area contributed by atoms with E-state index in [1.165, 1.54) is 12.8 Å². The van der Waals surface area contributed by atoms with Gasteiger partial charge in [0.2, 0.25) is 11.8 Å². The molecule has 4 rings (SSSR count). The highest BCUT2D eigenvalue weighted by Gasteiger charge is 2.42. The fourth-order valence-corrected chi connectivity index (χ4v) is 4.71. The average Bonchev–Trinajstić information content (AvgIpc) is 2.74. The zero-order valence-corrected chi connectivity index (χ0v) is 15.8. The molecule has 0 bridgehead atoms. The van der Waals surface area contributed by atoms with Crippen molar-refractivity contribution in [2.75, 3.05) is 39.4 Å². The fraction of sp³-hybridized carbons (Fsp3) is 0.900. The van der Waals surface area contributed by atoms with Crippen molar-refractivity contribution in [3.8, 4) is 0 Å². The molecule has 3 heterocycles. The lowest BCUT2D eigenvalue weighted by Crippen LogP contribution is -2.55. The molecular formula is C20H32N2O4. The largest absolute Gasteiger partial charge is 0.376 e. The first-order valence-electron chi connectivity index (χ1n) is 10.5. The smallest absolute Gasteiger partial charge is 0.225 e. The number of carbonyl (C=O) groups is 2. The Morgan fingerprint density at radius 3 is 2.54 bits per heavy atom. The third-order valence-electron chi connectivity index (χ3n) is 6.69. The summed E-state index contributed by atoms with van der Waals surface area (Å²) in [4.78, 5) is 29.1. The van der Waals surface area contributed by atoms with Crippen LogP contribution in [-0.4, -0.2) is 72.7 Å². The highest BCUT2D eigenvalue weighted by molar-refractivity contribution is 5.79. The summed E-state index contributed by atoms with van der Waals surface area (Å²) in [6.45, 7) is 4.17. The standard InChI is InChI=1S/C20H32N2O4/c23-18-7-13-26-20(15-22(18)14-17-6-1-2-12-25-17)8-10-21(11-9-20)19(24)16-4-3-5-16/h16-17H,1-15H2. The summed E-state index contributed by atoms with van der Waals surface area (Å²) in [6.07, 6.45) is 8.96. The quantitative estimate of drug-likeness (QED) is 0.768. The van der Waals surface area contributed by atoms with Gasteiger partial charge in [-0.2, -0.15) is 0 Å². The predicted octanol–water partition coefficient (Wildman–Crippen LogP) is 1.97. The molecule has 0 aromatic heterocycles. The van der Waals surface area contributed by atoms with E-state index in [-0.39, 0.29) is 23.5 Å². The van der Waals surface area contributed by atoms with Crippen molar-refractivity contribution in [3.63, 3.8) is 0 Å². The lowest BCUT2D eigenvalue weighted by atomic mass is 9.83. The van der Waals surface area contributed by atoms with E-state index in [9.17, 15) is 9.59 Å². The maximum atomic E-state index is 12.5. The van der Waals surface area contributed by atoms with E-state index in [0.29, 0.717) is 32.0 Å². The fourth-order valence-electron chi connectivity index (χ4n) is 4.71. The van der Waals surface area contributed by atoms with Crippen molar-refractivity contribution in [3.05, 3.63) is 0 Å². The van der Waals surface area contributed by atoms with Gasteiger partial charge in [-0.05, 0) is 44.9 Å². The third kappa shape index (κ3) is 3.91. The molecule has 146 valence electrons. The molecular weight excluding hydrogens is 332 g/mol. The van der Waals surface area contributed by atoms with E-state index in [4.69, 9.17) is 9.47 Å². The maximum absolute atomic E-state index is 12.5. The molecule has 1 aliphatic carbocycles. The van der Waals surface area contributed by atoms with Crippen LogP contribution in [-0.2, 0) is 19.1 Å². The number of rotatable bonds is 3. The number of ether oxygens (including phenoxy) is 2. The third-order valence-corrected chi connectivity index (χ3v) is 6.69. The molecule has 3 aliphatic heterocycles. The SMILES string of the molecule is O=C1CCOC2(CCN(C(=O)C3CCC3)CC2)CN1CC1CCCCO1. The van der Waals surface area contributed by atoms with Crippen LogP contribution in [0.25, 0.3) is 0 Å². The van der Waals surface area contributed by atoms with Crippen LogP contribution in [0.3, 0.4) is 0 Å². The van der Waals surface area contributed by atoms with Crippen LogP contribution in [0.2, 0.25) is 0 Å². The lowest BCUT2D eigenvalue weighted by molar-refractivity contribution is -0.146. The first-order valence-corrected chi connectivity index (χ1v) is 10.5. The number of hydrogen-bond donors (Lipinski definition) is 0. The van der Waals surface area contributed by atoms with Crippen LogP contribution in [0.5, 0.6) is 0 Å². The minimum absolute atomic E-state index is 0.170. The topological polar surface area (TPSA) is 59.1 Å². The predicted molar refractivity (Wildman–Crippen MR) is 96.6 cm³/mol. The number of likely N-dealkylation sites (tertiary alicyclic amines) is 1. The van der Waals surface area contributed by atoms with E-state index in [1.807, 2.05) is 9.80 Å². The van der Waals surface area contributed by atoms with E-state index in [2.05, 4.69) is 0 Å². The number of amides is 2. The zero-order valence-electron chi connectivity index (χ0n) is 15.8. The number of hydrogen-bond acceptors (Lipinski definition) is 4. The van der Waals surface area contributed by atoms with Crippen LogP contribution in [0.1, 0.15) is 57.8 Å². The van der Waals surface area contributed by atoms with E-state index < -0.39 is 0 Å². The molecule has 3 saturated heterocycles. The van der Waals surface area contributed by atoms with Crippen LogP contribution in [0.15, 0.2) is 0 Å². The minimum Gasteiger partial charge on any atom is -0.376 e. The summed E-state index contributed by atoms with van der Waals surface area (Å²) in [6, 6.07) is 0. The van der Waals surface area contributed by atoms with Crippen LogP contribution in [0.4, 0.5) is 0 Å². The second kappa shape index (κ2) is 7.85. The van der Waals surface area contributed by atoms with Gasteiger partial charge in [0.25, 0.3) is 0 Å². The summed E-state index contributed by atoms with van der Waals surface area (Å²) in [5.41, 5.74) is -0.281. The molecule has 1 atom stereocenters. The zero-order chi connectivity index (χ0) is 18.0. The molecule has 6 nitrogen and oxygen atoms in total. The van der Waals surface area contributed by atoms with Gasteiger partial charge in [0, 0.05) is 38.7 Å². The van der Waals surface area contributed by atoms with Crippen LogP contribution in [0, 0.1) is 5.92 Å². The van der Waals surface area contributed by atoms with Gasteiger partial charge < -0.3 is 19.3 Å². The molecule has 4 aliphatic rings. The second-order valence-electron chi connectivity index (χ2n) is 8.50. The Kier molecular flexibility index (Phi) is 5.50. The highest BCUT2D eigenvalue weighted by Crippen LogP contribution is 2.34. The lowest BCUT2D eigenvalue weighted by Gasteiger charge is -2.44. The molecule has 0 aromatic rings. The van der Waals surface area contributed by atoms with Crippen molar-refractivity contribution in [2.45, 2.75) is 69.5 Å². The summed E-state index contributed by atoms with van der Waals surface area (Å²) in [5, 5.41) is 0. The van der Waals surface area contributed by atoms with E-state index in [0.717, 1.165) is 58.2 Å². The van der Waals surface area contributed by atoms with Gasteiger partial charge in [-0.1, -0.05) is 6.42 Å².